The third-order valence-electron chi connectivity index (χ3n) is 3.95. The van der Waals surface area contributed by atoms with Gasteiger partial charge >= 0.3 is 5.97 Å². The molecule has 0 saturated heterocycles. The monoisotopic (exact) mass is 441 g/mol. The first-order valence-electron chi connectivity index (χ1n) is 10.8. The minimum absolute atomic E-state index is 0.218. The number of carbonyl (C=O) groups is 1. The standard InChI is InChI=1S/C22H39NO6Si/c1-5-6-11-23-21-9-7-20(8-10-21)22(24)28-18-16-26-14-12-25-13-15-27-17-19-29-30(2,3)4/h7-10,23H,5-6,11-19H2,1-4H3. The highest BCUT2D eigenvalue weighted by Crippen LogP contribution is 2.10. The lowest BCUT2D eigenvalue weighted by molar-refractivity contribution is -0.00246. The number of rotatable bonds is 18. The van der Waals surface area contributed by atoms with Crippen LogP contribution in [0.15, 0.2) is 24.3 Å². The number of esters is 1. The zero-order chi connectivity index (χ0) is 22.1. The molecule has 0 radical (unpaired) electrons. The second-order valence-electron chi connectivity index (χ2n) is 7.79. The van der Waals surface area contributed by atoms with Crippen LogP contribution in [0.2, 0.25) is 19.6 Å². The molecule has 0 aliphatic carbocycles. The van der Waals surface area contributed by atoms with Crippen molar-refractivity contribution in [1.82, 2.24) is 0 Å². The van der Waals surface area contributed by atoms with Crippen molar-refractivity contribution >= 4 is 20.0 Å². The van der Waals surface area contributed by atoms with E-state index in [1.54, 1.807) is 12.1 Å². The van der Waals surface area contributed by atoms with Gasteiger partial charge in [0.15, 0.2) is 8.32 Å². The molecule has 7 nitrogen and oxygen atoms in total. The molecule has 30 heavy (non-hydrogen) atoms. The quantitative estimate of drug-likeness (QED) is 0.210. The van der Waals surface area contributed by atoms with Crippen LogP contribution in [0.25, 0.3) is 0 Å². The summed E-state index contributed by atoms with van der Waals surface area (Å²) >= 11 is 0. The van der Waals surface area contributed by atoms with E-state index in [0.29, 0.717) is 51.8 Å². The highest BCUT2D eigenvalue weighted by Gasteiger charge is 2.13. The fourth-order valence-electron chi connectivity index (χ4n) is 2.36. The Labute approximate surface area is 182 Å². The van der Waals surface area contributed by atoms with E-state index >= 15 is 0 Å². The van der Waals surface area contributed by atoms with Crippen LogP contribution in [0.4, 0.5) is 5.69 Å². The maximum absolute atomic E-state index is 12.0. The lowest BCUT2D eigenvalue weighted by Gasteiger charge is -2.16. The molecule has 172 valence electrons. The third-order valence-corrected chi connectivity index (χ3v) is 5.02. The van der Waals surface area contributed by atoms with Crippen molar-refractivity contribution in [2.45, 2.75) is 39.4 Å². The molecule has 1 aromatic rings. The van der Waals surface area contributed by atoms with Gasteiger partial charge < -0.3 is 28.7 Å². The molecule has 1 N–H and O–H groups in total. The van der Waals surface area contributed by atoms with Gasteiger partial charge in [-0.3, -0.25) is 0 Å². The van der Waals surface area contributed by atoms with Crippen LogP contribution >= 0.6 is 0 Å². The second kappa shape index (κ2) is 16.3. The van der Waals surface area contributed by atoms with Gasteiger partial charge in [-0.2, -0.15) is 0 Å². The normalized spacial score (nSPS) is 11.5. The largest absolute Gasteiger partial charge is 0.460 e. The first-order valence-corrected chi connectivity index (χ1v) is 14.2. The maximum Gasteiger partial charge on any atom is 0.338 e. The molecule has 8 heteroatoms. The molecule has 0 unspecified atom stereocenters. The number of anilines is 1. The maximum atomic E-state index is 12.0. The van der Waals surface area contributed by atoms with E-state index in [1.165, 1.54) is 0 Å². The fourth-order valence-corrected chi connectivity index (χ4v) is 3.05. The first kappa shape index (κ1) is 26.6. The van der Waals surface area contributed by atoms with Gasteiger partial charge in [-0.1, -0.05) is 13.3 Å². The topological polar surface area (TPSA) is 75.3 Å². The molecule has 0 aliphatic heterocycles. The molecule has 0 spiro atoms. The summed E-state index contributed by atoms with van der Waals surface area (Å²) in [5.74, 6) is -0.342. The Morgan fingerprint density at radius 1 is 0.833 bits per heavy atom. The number of unbranched alkanes of at least 4 members (excludes halogenated alkanes) is 1. The zero-order valence-electron chi connectivity index (χ0n) is 19.0. The van der Waals surface area contributed by atoms with Crippen molar-refractivity contribution in [1.29, 1.82) is 0 Å². The molecule has 0 fully saturated rings. The Balaban J connectivity index is 1.94. The summed E-state index contributed by atoms with van der Waals surface area (Å²) in [6.07, 6.45) is 2.27. The molecule has 0 heterocycles. The predicted octanol–water partition coefficient (Wildman–Crippen LogP) is 3.96. The van der Waals surface area contributed by atoms with Gasteiger partial charge in [0.2, 0.25) is 0 Å². The summed E-state index contributed by atoms with van der Waals surface area (Å²) in [6.45, 7) is 13.3. The average Bonchev–Trinajstić information content (AvgIpc) is 2.71. The smallest absolute Gasteiger partial charge is 0.338 e. The number of carbonyl (C=O) groups excluding carboxylic acids is 1. The van der Waals surface area contributed by atoms with Gasteiger partial charge in [-0.05, 0) is 50.3 Å². The van der Waals surface area contributed by atoms with Gasteiger partial charge in [-0.15, -0.1) is 0 Å². The number of hydrogen-bond acceptors (Lipinski definition) is 7. The first-order chi connectivity index (χ1) is 14.4. The van der Waals surface area contributed by atoms with E-state index in [-0.39, 0.29) is 12.6 Å². The molecular weight excluding hydrogens is 402 g/mol. The summed E-state index contributed by atoms with van der Waals surface area (Å²) in [5, 5.41) is 3.31. The molecule has 0 saturated carbocycles. The zero-order valence-corrected chi connectivity index (χ0v) is 20.0. The summed E-state index contributed by atoms with van der Waals surface area (Å²) < 4.78 is 27.2. The molecule has 1 aromatic carbocycles. The molecule has 0 aromatic heterocycles. The van der Waals surface area contributed by atoms with E-state index in [0.717, 1.165) is 25.1 Å². The minimum Gasteiger partial charge on any atom is -0.460 e. The van der Waals surface area contributed by atoms with Crippen LogP contribution in [-0.4, -0.2) is 73.7 Å². The Morgan fingerprint density at radius 2 is 1.37 bits per heavy atom. The summed E-state index contributed by atoms with van der Waals surface area (Å²) in [6, 6.07) is 7.32. The fraction of sp³-hybridized carbons (Fsp3) is 0.682. The molecular formula is C22H39NO6Si. The molecule has 0 atom stereocenters. The van der Waals surface area contributed by atoms with Crippen molar-refractivity contribution < 1.29 is 28.2 Å². The van der Waals surface area contributed by atoms with Gasteiger partial charge in [0.05, 0.1) is 51.8 Å². The lowest BCUT2D eigenvalue weighted by atomic mass is 10.2. The number of nitrogens with one attached hydrogen (secondary N) is 1. The number of benzene rings is 1. The summed E-state index contributed by atoms with van der Waals surface area (Å²) in [4.78, 5) is 12.0. The van der Waals surface area contributed by atoms with Crippen LogP contribution in [0.1, 0.15) is 30.1 Å². The van der Waals surface area contributed by atoms with Crippen LogP contribution < -0.4 is 5.32 Å². The van der Waals surface area contributed by atoms with Crippen LogP contribution in [-0.2, 0) is 23.4 Å². The van der Waals surface area contributed by atoms with Crippen molar-refractivity contribution in [3.63, 3.8) is 0 Å². The van der Waals surface area contributed by atoms with Crippen LogP contribution in [0.5, 0.6) is 0 Å². The van der Waals surface area contributed by atoms with Crippen molar-refractivity contribution in [2.24, 2.45) is 0 Å². The second-order valence-corrected chi connectivity index (χ2v) is 12.3. The predicted molar refractivity (Wildman–Crippen MR) is 122 cm³/mol. The SMILES string of the molecule is CCCCNc1ccc(C(=O)OCCOCCOCCOCCO[Si](C)(C)C)cc1. The number of hydrogen-bond donors (Lipinski definition) is 1. The van der Waals surface area contributed by atoms with Gasteiger partial charge in [0, 0.05) is 12.2 Å². The van der Waals surface area contributed by atoms with E-state index in [4.69, 9.17) is 23.4 Å². The summed E-state index contributed by atoms with van der Waals surface area (Å²) in [5.41, 5.74) is 1.54. The Morgan fingerprint density at radius 3 is 1.90 bits per heavy atom. The van der Waals surface area contributed by atoms with Crippen LogP contribution in [0, 0.1) is 0 Å². The highest BCUT2D eigenvalue weighted by molar-refractivity contribution is 6.69. The Hall–Kier alpha value is -1.45. The molecule has 0 amide bonds. The van der Waals surface area contributed by atoms with E-state index in [1.807, 2.05) is 12.1 Å². The van der Waals surface area contributed by atoms with Crippen molar-refractivity contribution in [3.05, 3.63) is 29.8 Å². The third kappa shape index (κ3) is 14.5. The lowest BCUT2D eigenvalue weighted by Crippen LogP contribution is -2.27. The van der Waals surface area contributed by atoms with E-state index in [2.05, 4.69) is 31.9 Å². The number of ether oxygens (including phenoxy) is 4. The van der Waals surface area contributed by atoms with E-state index in [9.17, 15) is 4.79 Å². The van der Waals surface area contributed by atoms with Crippen molar-refractivity contribution in [3.8, 4) is 0 Å². The average molecular weight is 442 g/mol. The van der Waals surface area contributed by atoms with E-state index < -0.39 is 8.32 Å². The van der Waals surface area contributed by atoms with Gasteiger partial charge in [0.25, 0.3) is 0 Å². The minimum atomic E-state index is -1.45. The highest BCUT2D eigenvalue weighted by atomic mass is 28.4. The van der Waals surface area contributed by atoms with Gasteiger partial charge in [-0.25, -0.2) is 4.79 Å². The molecule has 0 bridgehead atoms. The van der Waals surface area contributed by atoms with Gasteiger partial charge in [0.1, 0.15) is 6.61 Å². The Kier molecular flexibility index (Phi) is 14.4. The van der Waals surface area contributed by atoms with Crippen molar-refractivity contribution in [2.75, 3.05) is 64.7 Å². The summed E-state index contributed by atoms with van der Waals surface area (Å²) in [7, 11) is -1.45. The Bertz CT molecular complexity index is 562. The van der Waals surface area contributed by atoms with Crippen LogP contribution in [0.3, 0.4) is 0 Å². The molecule has 0 aliphatic rings. The molecule has 1 rings (SSSR count).